The summed E-state index contributed by atoms with van der Waals surface area (Å²) in [6.45, 7) is 2.42. The fourth-order valence-electron chi connectivity index (χ4n) is 4.12. The number of nitrogens with zero attached hydrogens (tertiary/aromatic N) is 1. The van der Waals surface area contributed by atoms with Gasteiger partial charge in [-0.1, -0.05) is 57.2 Å². The number of methoxy groups -OCH3 is 1. The number of aromatic nitrogens is 1. The highest BCUT2D eigenvalue weighted by Crippen LogP contribution is 2.39. The van der Waals surface area contributed by atoms with Gasteiger partial charge in [-0.25, -0.2) is 4.98 Å². The van der Waals surface area contributed by atoms with E-state index in [4.69, 9.17) is 9.47 Å². The predicted octanol–water partition coefficient (Wildman–Crippen LogP) is 9.47. The minimum absolute atomic E-state index is 0.140. The van der Waals surface area contributed by atoms with E-state index >= 15 is 0 Å². The van der Waals surface area contributed by atoms with Crippen molar-refractivity contribution in [3.05, 3.63) is 65.5 Å². The molecule has 0 aliphatic rings. The summed E-state index contributed by atoms with van der Waals surface area (Å²) >= 11 is 1.34. The molecule has 0 fully saturated rings. The van der Waals surface area contributed by atoms with Gasteiger partial charge in [-0.3, -0.25) is 0 Å². The van der Waals surface area contributed by atoms with Gasteiger partial charge in [0.25, 0.3) is 0 Å². The quantitative estimate of drug-likeness (QED) is 0.186. The number of ether oxygens (including phenoxy) is 2. The van der Waals surface area contributed by atoms with Gasteiger partial charge in [-0.2, -0.15) is 13.2 Å². The number of nitrogens with one attached hydrogen (secondary N) is 1. The van der Waals surface area contributed by atoms with Crippen LogP contribution in [0.25, 0.3) is 22.0 Å². The van der Waals surface area contributed by atoms with Crippen LogP contribution in [0.1, 0.15) is 51.0 Å². The third-order valence-corrected chi connectivity index (χ3v) is 6.90. The molecule has 196 valence electrons. The monoisotopic (exact) mass is 528 g/mol. The van der Waals surface area contributed by atoms with Gasteiger partial charge in [0.05, 0.1) is 25.0 Å². The molecule has 0 unspecified atom stereocenters. The van der Waals surface area contributed by atoms with Crippen molar-refractivity contribution in [3.63, 3.8) is 0 Å². The van der Waals surface area contributed by atoms with E-state index in [1.807, 2.05) is 41.8 Å². The van der Waals surface area contributed by atoms with Crippen molar-refractivity contribution in [1.82, 2.24) is 4.98 Å². The third kappa shape index (κ3) is 7.16. The Morgan fingerprint density at radius 2 is 1.65 bits per heavy atom. The molecule has 0 saturated carbocycles. The molecule has 0 radical (unpaired) electrons. The highest BCUT2D eigenvalue weighted by Gasteiger charge is 2.34. The molecule has 0 atom stereocenters. The Morgan fingerprint density at radius 1 is 0.892 bits per heavy atom. The zero-order chi connectivity index (χ0) is 26.3. The maximum Gasteiger partial charge on any atom is 0.420 e. The lowest BCUT2D eigenvalue weighted by molar-refractivity contribution is -0.138. The Morgan fingerprint density at radius 3 is 2.43 bits per heavy atom. The van der Waals surface area contributed by atoms with E-state index in [1.54, 1.807) is 13.2 Å². The standard InChI is InChI=1S/C29H31F3N2O2S/c1-3-4-5-6-7-8-15-36-27-14-12-23(18-25(27)29(30,31)32)33-28-34-26(19-37-28)22-10-9-21-17-24(35-2)13-11-20(21)16-22/h9-14,16-19H,3-8,15H2,1-2H3,(H,33,34). The molecule has 0 amide bonds. The summed E-state index contributed by atoms with van der Waals surface area (Å²) in [6, 6.07) is 15.9. The normalized spacial score (nSPS) is 11.6. The van der Waals surface area contributed by atoms with E-state index < -0.39 is 11.7 Å². The third-order valence-electron chi connectivity index (χ3n) is 6.14. The smallest absolute Gasteiger partial charge is 0.420 e. The Hall–Kier alpha value is -3.26. The summed E-state index contributed by atoms with van der Waals surface area (Å²) in [4.78, 5) is 4.59. The summed E-state index contributed by atoms with van der Waals surface area (Å²) in [5, 5.41) is 7.51. The van der Waals surface area contributed by atoms with Crippen molar-refractivity contribution in [2.75, 3.05) is 19.0 Å². The van der Waals surface area contributed by atoms with Gasteiger partial charge < -0.3 is 14.8 Å². The Bertz CT molecular complexity index is 1320. The Balaban J connectivity index is 1.43. The van der Waals surface area contributed by atoms with Gasteiger partial charge >= 0.3 is 6.18 Å². The lowest BCUT2D eigenvalue weighted by atomic mass is 10.1. The molecule has 4 rings (SSSR count). The van der Waals surface area contributed by atoms with E-state index in [1.165, 1.54) is 23.8 Å². The molecular formula is C29H31F3N2O2S. The van der Waals surface area contributed by atoms with Gasteiger partial charge in [0.1, 0.15) is 11.5 Å². The number of anilines is 2. The fraction of sp³-hybridized carbons (Fsp3) is 0.345. The SMILES string of the molecule is CCCCCCCCOc1ccc(Nc2nc(-c3ccc4cc(OC)ccc4c3)cs2)cc1C(F)(F)F. The molecule has 0 bridgehead atoms. The minimum Gasteiger partial charge on any atom is -0.497 e. The van der Waals surface area contributed by atoms with Crippen LogP contribution in [-0.4, -0.2) is 18.7 Å². The molecule has 1 aromatic heterocycles. The van der Waals surface area contributed by atoms with E-state index in [-0.39, 0.29) is 12.4 Å². The zero-order valence-electron chi connectivity index (χ0n) is 21.0. The number of rotatable bonds is 12. The van der Waals surface area contributed by atoms with Crippen molar-refractivity contribution in [2.45, 2.75) is 51.6 Å². The second kappa shape index (κ2) is 12.3. The molecule has 37 heavy (non-hydrogen) atoms. The van der Waals surface area contributed by atoms with Gasteiger partial charge in [0.2, 0.25) is 0 Å². The molecule has 4 nitrogen and oxygen atoms in total. The zero-order valence-corrected chi connectivity index (χ0v) is 21.8. The second-order valence-corrected chi connectivity index (χ2v) is 9.77. The molecular weight excluding hydrogens is 497 g/mol. The average molecular weight is 529 g/mol. The summed E-state index contributed by atoms with van der Waals surface area (Å²) < 4.78 is 52.1. The molecule has 0 saturated heterocycles. The first-order chi connectivity index (χ1) is 17.9. The van der Waals surface area contributed by atoms with Crippen molar-refractivity contribution in [1.29, 1.82) is 0 Å². The van der Waals surface area contributed by atoms with Gasteiger partial charge in [-0.05, 0) is 53.6 Å². The van der Waals surface area contributed by atoms with Gasteiger partial charge in [0, 0.05) is 16.6 Å². The van der Waals surface area contributed by atoms with Gasteiger partial charge in [-0.15, -0.1) is 11.3 Å². The lowest BCUT2D eigenvalue weighted by Gasteiger charge is -2.15. The first-order valence-electron chi connectivity index (χ1n) is 12.5. The van der Waals surface area contributed by atoms with Crippen LogP contribution in [0.5, 0.6) is 11.5 Å². The number of thiazole rings is 1. The van der Waals surface area contributed by atoms with Crippen LogP contribution in [0.3, 0.4) is 0 Å². The summed E-state index contributed by atoms with van der Waals surface area (Å²) in [6.07, 6.45) is 1.76. The maximum atomic E-state index is 13.8. The summed E-state index contributed by atoms with van der Waals surface area (Å²) in [5.41, 5.74) is 1.20. The van der Waals surface area contributed by atoms with Crippen LogP contribution in [0.4, 0.5) is 24.0 Å². The highest BCUT2D eigenvalue weighted by molar-refractivity contribution is 7.14. The second-order valence-electron chi connectivity index (χ2n) is 8.92. The van der Waals surface area contributed by atoms with E-state index in [0.29, 0.717) is 10.8 Å². The molecule has 3 aromatic carbocycles. The predicted molar refractivity (Wildman–Crippen MR) is 145 cm³/mol. The van der Waals surface area contributed by atoms with Crippen molar-refractivity contribution in [2.24, 2.45) is 0 Å². The maximum absolute atomic E-state index is 13.8. The first-order valence-corrected chi connectivity index (χ1v) is 13.4. The number of fused-ring (bicyclic) bond motifs is 1. The number of halogens is 3. The lowest BCUT2D eigenvalue weighted by Crippen LogP contribution is -2.10. The number of unbranched alkanes of at least 4 members (excludes halogenated alkanes) is 5. The Kier molecular flexibility index (Phi) is 8.92. The molecule has 1 N–H and O–H groups in total. The van der Waals surface area contributed by atoms with Crippen molar-refractivity contribution >= 4 is 32.9 Å². The van der Waals surface area contributed by atoms with Crippen LogP contribution < -0.4 is 14.8 Å². The van der Waals surface area contributed by atoms with Crippen LogP contribution in [0.15, 0.2) is 60.0 Å². The van der Waals surface area contributed by atoms with Gasteiger partial charge in [0.15, 0.2) is 5.13 Å². The number of hydrogen-bond donors (Lipinski definition) is 1. The largest absolute Gasteiger partial charge is 0.497 e. The van der Waals surface area contributed by atoms with E-state index in [0.717, 1.165) is 65.9 Å². The minimum atomic E-state index is -4.52. The highest BCUT2D eigenvalue weighted by atomic mass is 32.1. The first kappa shape index (κ1) is 26.8. The molecule has 1 heterocycles. The topological polar surface area (TPSA) is 43.4 Å². The number of alkyl halides is 3. The van der Waals surface area contributed by atoms with Crippen LogP contribution in [0, 0.1) is 0 Å². The fourth-order valence-corrected chi connectivity index (χ4v) is 4.86. The average Bonchev–Trinajstić information content (AvgIpc) is 3.36. The van der Waals surface area contributed by atoms with Crippen LogP contribution >= 0.6 is 11.3 Å². The summed E-state index contributed by atoms with van der Waals surface area (Å²) in [5.74, 6) is 0.650. The molecule has 0 spiro atoms. The molecule has 0 aliphatic carbocycles. The van der Waals surface area contributed by atoms with Crippen LogP contribution in [-0.2, 0) is 6.18 Å². The molecule has 0 aliphatic heterocycles. The Labute approximate surface area is 219 Å². The number of hydrogen-bond acceptors (Lipinski definition) is 5. The van der Waals surface area contributed by atoms with Crippen LogP contribution in [0.2, 0.25) is 0 Å². The van der Waals surface area contributed by atoms with Crippen molar-refractivity contribution in [3.8, 4) is 22.8 Å². The summed E-state index contributed by atoms with van der Waals surface area (Å²) in [7, 11) is 1.63. The molecule has 8 heteroatoms. The molecule has 4 aromatic rings. The van der Waals surface area contributed by atoms with E-state index in [9.17, 15) is 13.2 Å². The van der Waals surface area contributed by atoms with E-state index in [2.05, 4.69) is 17.2 Å². The number of benzene rings is 3. The van der Waals surface area contributed by atoms with Crippen molar-refractivity contribution < 1.29 is 22.6 Å².